The molecule has 0 aromatic carbocycles. The molecule has 0 aliphatic heterocycles. The first-order valence-corrected chi connectivity index (χ1v) is 3.92. The van der Waals surface area contributed by atoms with E-state index in [1.54, 1.807) is 0 Å². The molecule has 0 aromatic heterocycles. The molecule has 0 aromatic rings. The Balaban J connectivity index is 2.93. The minimum Gasteiger partial charge on any atom is -0.487 e. The molecule has 0 radical (unpaired) electrons. The van der Waals surface area contributed by atoms with Crippen molar-refractivity contribution in [2.75, 3.05) is 0 Å². The van der Waals surface area contributed by atoms with Crippen LogP contribution in [0.25, 0.3) is 0 Å². The molecule has 0 bridgehead atoms. The zero-order chi connectivity index (χ0) is 10.4. The first-order valence-electron chi connectivity index (χ1n) is 3.54. The van der Waals surface area contributed by atoms with Gasteiger partial charge < -0.3 is 4.74 Å². The van der Waals surface area contributed by atoms with Crippen molar-refractivity contribution in [2.45, 2.75) is 31.8 Å². The number of ether oxygens (including phenoxy) is 1. The maximum atomic E-state index is 12.6. The van der Waals surface area contributed by atoms with Gasteiger partial charge in [-0.1, -0.05) is 11.6 Å². The summed E-state index contributed by atoms with van der Waals surface area (Å²) < 4.78 is 54.4. The first-order chi connectivity index (χ1) is 5.71. The van der Waals surface area contributed by atoms with Crippen LogP contribution in [-0.4, -0.2) is 17.9 Å². The summed E-state index contributed by atoms with van der Waals surface area (Å²) in [7, 11) is 0. The molecule has 0 spiro atoms. The zero-order valence-electron chi connectivity index (χ0n) is 6.88. The van der Waals surface area contributed by atoms with E-state index < -0.39 is 28.7 Å². The van der Waals surface area contributed by atoms with Gasteiger partial charge in [-0.15, -0.1) is 0 Å². The number of halogens is 5. The van der Waals surface area contributed by atoms with E-state index in [9.17, 15) is 17.6 Å². The van der Waals surface area contributed by atoms with Crippen molar-refractivity contribution in [3.8, 4) is 0 Å². The van der Waals surface area contributed by atoms with E-state index in [-0.39, 0.29) is 0 Å². The van der Waals surface area contributed by atoms with Crippen LogP contribution >= 0.6 is 11.6 Å². The van der Waals surface area contributed by atoms with Gasteiger partial charge in [0.05, 0.1) is 6.10 Å². The fourth-order valence-electron chi connectivity index (χ4n) is 0.860. The van der Waals surface area contributed by atoms with Crippen LogP contribution in [-0.2, 0) is 4.74 Å². The third-order valence-electron chi connectivity index (χ3n) is 1.51. The van der Waals surface area contributed by atoms with E-state index in [0.29, 0.717) is 0 Å². The van der Waals surface area contributed by atoms with E-state index in [4.69, 9.17) is 11.6 Å². The number of hydrogen-bond acceptors (Lipinski definition) is 1. The molecule has 0 saturated carbocycles. The highest BCUT2D eigenvalue weighted by Crippen LogP contribution is 2.57. The Bertz CT molecular complexity index is 259. The van der Waals surface area contributed by atoms with Gasteiger partial charge in [0.1, 0.15) is 5.03 Å². The maximum absolute atomic E-state index is 12.6. The van der Waals surface area contributed by atoms with Gasteiger partial charge in [0.15, 0.2) is 5.76 Å². The quantitative estimate of drug-likeness (QED) is 0.647. The van der Waals surface area contributed by atoms with Gasteiger partial charge in [-0.3, -0.25) is 0 Å². The number of alkyl halides is 4. The van der Waals surface area contributed by atoms with Crippen LogP contribution in [0.5, 0.6) is 0 Å². The Morgan fingerprint density at radius 2 is 1.62 bits per heavy atom. The fourth-order valence-corrected chi connectivity index (χ4v) is 1.14. The van der Waals surface area contributed by atoms with Crippen molar-refractivity contribution in [1.29, 1.82) is 0 Å². The van der Waals surface area contributed by atoms with Crippen LogP contribution in [0.2, 0.25) is 0 Å². The van der Waals surface area contributed by atoms with Crippen molar-refractivity contribution in [3.63, 3.8) is 0 Å². The van der Waals surface area contributed by atoms with Crippen LogP contribution < -0.4 is 0 Å². The maximum Gasteiger partial charge on any atom is 0.372 e. The lowest BCUT2D eigenvalue weighted by Gasteiger charge is -2.37. The normalized spacial score (nSPS) is 24.6. The van der Waals surface area contributed by atoms with Gasteiger partial charge >= 0.3 is 11.8 Å². The molecule has 76 valence electrons. The van der Waals surface area contributed by atoms with Gasteiger partial charge in [-0.05, 0) is 13.8 Å². The van der Waals surface area contributed by atoms with Gasteiger partial charge in [0, 0.05) is 0 Å². The number of rotatable bonds is 2. The zero-order valence-corrected chi connectivity index (χ0v) is 7.63. The molecule has 1 aliphatic carbocycles. The van der Waals surface area contributed by atoms with Crippen molar-refractivity contribution in [1.82, 2.24) is 0 Å². The molecule has 0 N–H and O–H groups in total. The van der Waals surface area contributed by atoms with Crippen molar-refractivity contribution in [3.05, 3.63) is 10.8 Å². The summed E-state index contributed by atoms with van der Waals surface area (Å²) in [6.07, 6.45) is -0.606. The van der Waals surface area contributed by atoms with Gasteiger partial charge in [-0.2, -0.15) is 17.6 Å². The van der Waals surface area contributed by atoms with E-state index in [0.717, 1.165) is 0 Å². The highest BCUT2D eigenvalue weighted by atomic mass is 35.5. The van der Waals surface area contributed by atoms with Gasteiger partial charge in [0.25, 0.3) is 0 Å². The smallest absolute Gasteiger partial charge is 0.372 e. The lowest BCUT2D eigenvalue weighted by atomic mass is 9.97. The SMILES string of the molecule is CC(C)OC1=C(Cl)C(F)(F)C1(F)F. The summed E-state index contributed by atoms with van der Waals surface area (Å²) in [5, 5.41) is -1.20. The van der Waals surface area contributed by atoms with Crippen LogP contribution in [0.1, 0.15) is 13.8 Å². The van der Waals surface area contributed by atoms with Crippen molar-refractivity contribution < 1.29 is 22.3 Å². The van der Waals surface area contributed by atoms with Crippen LogP contribution in [0.4, 0.5) is 17.6 Å². The average molecular weight is 219 g/mol. The molecule has 1 rings (SSSR count). The molecule has 0 amide bonds. The molecule has 0 fully saturated rings. The van der Waals surface area contributed by atoms with E-state index in [2.05, 4.69) is 4.74 Å². The average Bonchev–Trinajstić information content (AvgIpc) is 1.98. The van der Waals surface area contributed by atoms with Crippen LogP contribution in [0, 0.1) is 0 Å². The van der Waals surface area contributed by atoms with Crippen molar-refractivity contribution >= 4 is 11.6 Å². The van der Waals surface area contributed by atoms with E-state index in [1.807, 2.05) is 0 Å². The van der Waals surface area contributed by atoms with Crippen molar-refractivity contribution in [2.24, 2.45) is 0 Å². The van der Waals surface area contributed by atoms with E-state index >= 15 is 0 Å². The van der Waals surface area contributed by atoms with E-state index in [1.165, 1.54) is 13.8 Å². The summed E-state index contributed by atoms with van der Waals surface area (Å²) in [5.41, 5.74) is 0. The number of hydrogen-bond donors (Lipinski definition) is 0. The fraction of sp³-hybridized carbons (Fsp3) is 0.714. The predicted octanol–water partition coefficient (Wildman–Crippen LogP) is 3.15. The standard InChI is InChI=1S/C7H7ClF4O/c1-3(2)13-5-4(8)6(9,10)7(5,11)12/h3H,1-2H3. The second-order valence-corrected chi connectivity index (χ2v) is 3.34. The lowest BCUT2D eigenvalue weighted by Crippen LogP contribution is -2.53. The summed E-state index contributed by atoms with van der Waals surface area (Å²) >= 11 is 4.96. The molecular formula is C7H7ClF4O. The molecule has 6 heteroatoms. The third-order valence-corrected chi connectivity index (χ3v) is 1.92. The molecule has 13 heavy (non-hydrogen) atoms. The largest absolute Gasteiger partial charge is 0.487 e. The summed E-state index contributed by atoms with van der Waals surface area (Å²) in [4.78, 5) is 0. The predicted molar refractivity (Wildman–Crippen MR) is 39.0 cm³/mol. The summed E-state index contributed by atoms with van der Waals surface area (Å²) in [6, 6.07) is 0. The summed E-state index contributed by atoms with van der Waals surface area (Å²) in [5.74, 6) is -9.66. The first kappa shape index (κ1) is 10.6. The molecule has 0 heterocycles. The third kappa shape index (κ3) is 1.29. The Kier molecular flexibility index (Phi) is 2.26. The molecule has 0 atom stereocenters. The Hall–Kier alpha value is -0.450. The summed E-state index contributed by atoms with van der Waals surface area (Å²) in [6.45, 7) is 2.90. The second kappa shape index (κ2) is 2.77. The molecule has 0 saturated heterocycles. The minimum atomic E-state index is -4.28. The number of allylic oxidation sites excluding steroid dienone is 2. The van der Waals surface area contributed by atoms with Gasteiger partial charge in [0.2, 0.25) is 0 Å². The molecular weight excluding hydrogens is 212 g/mol. The topological polar surface area (TPSA) is 9.23 Å². The Morgan fingerprint density at radius 3 is 1.92 bits per heavy atom. The molecule has 1 nitrogen and oxygen atoms in total. The molecule has 0 unspecified atom stereocenters. The monoisotopic (exact) mass is 218 g/mol. The second-order valence-electron chi connectivity index (χ2n) is 2.96. The van der Waals surface area contributed by atoms with Crippen LogP contribution in [0.15, 0.2) is 10.8 Å². The Morgan fingerprint density at radius 1 is 1.15 bits per heavy atom. The lowest BCUT2D eigenvalue weighted by molar-refractivity contribution is -0.216. The highest BCUT2D eigenvalue weighted by Gasteiger charge is 2.73. The highest BCUT2D eigenvalue weighted by molar-refractivity contribution is 6.32. The Labute approximate surface area is 77.3 Å². The van der Waals surface area contributed by atoms with Crippen LogP contribution in [0.3, 0.4) is 0 Å². The minimum absolute atomic E-state index is 0.606. The van der Waals surface area contributed by atoms with Gasteiger partial charge in [-0.25, -0.2) is 0 Å². The molecule has 1 aliphatic rings.